The van der Waals surface area contributed by atoms with Gasteiger partial charge in [-0.3, -0.25) is 9.67 Å². The molecule has 8 heteroatoms. The largest absolute Gasteiger partial charge is 0.463 e. The van der Waals surface area contributed by atoms with Gasteiger partial charge in [0.1, 0.15) is 10.6 Å². The number of nitrogens with one attached hydrogen (secondary N) is 1. The van der Waals surface area contributed by atoms with E-state index in [1.807, 2.05) is 0 Å². The molecule has 0 aliphatic heterocycles. The fourth-order valence-electron chi connectivity index (χ4n) is 2.01. The van der Waals surface area contributed by atoms with Gasteiger partial charge < -0.3 is 4.42 Å². The highest BCUT2D eigenvalue weighted by Crippen LogP contribution is 2.21. The summed E-state index contributed by atoms with van der Waals surface area (Å²) in [6.07, 6.45) is 5.93. The zero-order chi connectivity index (χ0) is 15.6. The molecule has 0 saturated carbocycles. The molecule has 0 aliphatic carbocycles. The SMILES string of the molecule is Cn1cc(S(=O)(=O)NCc2cccnc2-c2ccco2)cn1. The van der Waals surface area contributed by atoms with Gasteiger partial charge in [-0.15, -0.1) is 0 Å². The number of aryl methyl sites for hydroxylation is 1. The van der Waals surface area contributed by atoms with Crippen molar-refractivity contribution in [3.05, 3.63) is 54.7 Å². The molecule has 114 valence electrons. The van der Waals surface area contributed by atoms with Crippen LogP contribution in [0.5, 0.6) is 0 Å². The molecule has 0 saturated heterocycles. The molecule has 3 rings (SSSR count). The van der Waals surface area contributed by atoms with Crippen LogP contribution in [0.2, 0.25) is 0 Å². The van der Waals surface area contributed by atoms with Gasteiger partial charge in [0.25, 0.3) is 0 Å². The lowest BCUT2D eigenvalue weighted by molar-refractivity contribution is 0.575. The average molecular weight is 318 g/mol. The van der Waals surface area contributed by atoms with Crippen LogP contribution in [-0.4, -0.2) is 23.2 Å². The molecule has 7 nitrogen and oxygen atoms in total. The van der Waals surface area contributed by atoms with Crippen LogP contribution >= 0.6 is 0 Å². The molecule has 0 radical (unpaired) electrons. The minimum Gasteiger partial charge on any atom is -0.463 e. The predicted molar refractivity (Wildman–Crippen MR) is 79.2 cm³/mol. The van der Waals surface area contributed by atoms with Gasteiger partial charge in [-0.1, -0.05) is 6.07 Å². The summed E-state index contributed by atoms with van der Waals surface area (Å²) in [6, 6.07) is 7.09. The monoisotopic (exact) mass is 318 g/mol. The van der Waals surface area contributed by atoms with Crippen LogP contribution in [0.4, 0.5) is 0 Å². The Morgan fingerprint density at radius 3 is 2.86 bits per heavy atom. The zero-order valence-corrected chi connectivity index (χ0v) is 12.6. The lowest BCUT2D eigenvalue weighted by atomic mass is 10.1. The number of hydrogen-bond acceptors (Lipinski definition) is 5. The quantitative estimate of drug-likeness (QED) is 0.771. The molecule has 0 spiro atoms. The van der Waals surface area contributed by atoms with Crippen LogP contribution in [0.3, 0.4) is 0 Å². The molecule has 3 aromatic rings. The fraction of sp³-hybridized carbons (Fsp3) is 0.143. The molecule has 0 atom stereocenters. The van der Waals surface area contributed by atoms with Gasteiger partial charge in [0, 0.05) is 26.0 Å². The second kappa shape index (κ2) is 5.74. The highest BCUT2D eigenvalue weighted by molar-refractivity contribution is 7.89. The molecule has 1 N–H and O–H groups in total. The van der Waals surface area contributed by atoms with Crippen molar-refractivity contribution in [3.63, 3.8) is 0 Å². The zero-order valence-electron chi connectivity index (χ0n) is 11.8. The molecule has 22 heavy (non-hydrogen) atoms. The summed E-state index contributed by atoms with van der Waals surface area (Å²) >= 11 is 0. The Kier molecular flexibility index (Phi) is 3.78. The third-order valence-electron chi connectivity index (χ3n) is 3.09. The summed E-state index contributed by atoms with van der Waals surface area (Å²) in [5.74, 6) is 0.594. The first-order chi connectivity index (χ1) is 10.6. The molecule has 3 aromatic heterocycles. The van der Waals surface area contributed by atoms with E-state index in [4.69, 9.17) is 4.42 Å². The van der Waals surface area contributed by atoms with Gasteiger partial charge in [-0.05, 0) is 23.8 Å². The lowest BCUT2D eigenvalue weighted by Gasteiger charge is -2.08. The van der Waals surface area contributed by atoms with Gasteiger partial charge in [0.15, 0.2) is 5.76 Å². The van der Waals surface area contributed by atoms with Crippen LogP contribution < -0.4 is 4.72 Å². The van der Waals surface area contributed by atoms with E-state index in [0.29, 0.717) is 11.5 Å². The molecule has 0 aliphatic rings. The maximum atomic E-state index is 12.2. The van der Waals surface area contributed by atoms with Crippen LogP contribution in [0.15, 0.2) is 58.4 Å². The van der Waals surface area contributed by atoms with Gasteiger partial charge in [0.2, 0.25) is 10.0 Å². The summed E-state index contributed by atoms with van der Waals surface area (Å²) in [4.78, 5) is 4.38. The Bertz CT molecular complexity index is 869. The number of pyridine rings is 1. The van der Waals surface area contributed by atoms with Crippen LogP contribution in [0.1, 0.15) is 5.56 Å². The Balaban J connectivity index is 1.83. The highest BCUT2D eigenvalue weighted by Gasteiger charge is 2.17. The Hall–Kier alpha value is -2.45. The third kappa shape index (κ3) is 2.92. The van der Waals surface area contributed by atoms with E-state index in [2.05, 4.69) is 14.8 Å². The number of furan rings is 1. The Labute approximate surface area is 127 Å². The van der Waals surface area contributed by atoms with Gasteiger partial charge in [-0.25, -0.2) is 13.1 Å². The van der Waals surface area contributed by atoms with E-state index < -0.39 is 10.0 Å². The first kappa shape index (κ1) is 14.5. The molecular formula is C14H14N4O3S. The van der Waals surface area contributed by atoms with Gasteiger partial charge in [-0.2, -0.15) is 5.10 Å². The number of nitrogens with zero attached hydrogens (tertiary/aromatic N) is 3. The fourth-order valence-corrected chi connectivity index (χ4v) is 3.00. The van der Waals surface area contributed by atoms with E-state index in [0.717, 1.165) is 5.56 Å². The molecular weight excluding hydrogens is 304 g/mol. The number of sulfonamides is 1. The summed E-state index contributed by atoms with van der Waals surface area (Å²) in [6.45, 7) is 0.112. The normalized spacial score (nSPS) is 11.7. The second-order valence-electron chi connectivity index (χ2n) is 4.66. The smallest absolute Gasteiger partial charge is 0.243 e. The maximum absolute atomic E-state index is 12.2. The van der Waals surface area contributed by atoms with Crippen molar-refractivity contribution >= 4 is 10.0 Å². The molecule has 0 amide bonds. The molecule has 0 aromatic carbocycles. The van der Waals surface area contributed by atoms with Crippen molar-refractivity contribution in [2.75, 3.05) is 0 Å². The number of aromatic nitrogens is 3. The number of hydrogen-bond donors (Lipinski definition) is 1. The second-order valence-corrected chi connectivity index (χ2v) is 6.43. The summed E-state index contributed by atoms with van der Waals surface area (Å²) in [5.41, 5.74) is 1.34. The summed E-state index contributed by atoms with van der Waals surface area (Å²) < 4.78 is 33.7. The molecule has 0 bridgehead atoms. The van der Waals surface area contributed by atoms with Crippen molar-refractivity contribution in [2.24, 2.45) is 7.05 Å². The van der Waals surface area contributed by atoms with Gasteiger partial charge in [0.05, 0.1) is 12.5 Å². The topological polar surface area (TPSA) is 90.0 Å². The summed E-state index contributed by atoms with van der Waals surface area (Å²) in [7, 11) is -1.95. The van der Waals surface area contributed by atoms with E-state index in [1.165, 1.54) is 17.1 Å². The van der Waals surface area contributed by atoms with E-state index in [1.54, 1.807) is 43.8 Å². The Morgan fingerprint density at radius 1 is 1.32 bits per heavy atom. The molecule has 0 fully saturated rings. The van der Waals surface area contributed by atoms with Crippen molar-refractivity contribution in [2.45, 2.75) is 11.4 Å². The lowest BCUT2D eigenvalue weighted by Crippen LogP contribution is -2.23. The first-order valence-corrected chi connectivity index (χ1v) is 8.01. The van der Waals surface area contributed by atoms with Crippen LogP contribution in [-0.2, 0) is 23.6 Å². The highest BCUT2D eigenvalue weighted by atomic mass is 32.2. The minimum atomic E-state index is -3.61. The average Bonchev–Trinajstić information content (AvgIpc) is 3.17. The van der Waals surface area contributed by atoms with Gasteiger partial charge >= 0.3 is 0 Å². The van der Waals surface area contributed by atoms with E-state index in [9.17, 15) is 8.42 Å². The Morgan fingerprint density at radius 2 is 2.18 bits per heavy atom. The van der Waals surface area contributed by atoms with E-state index >= 15 is 0 Å². The van der Waals surface area contributed by atoms with Crippen LogP contribution in [0.25, 0.3) is 11.5 Å². The number of rotatable bonds is 5. The predicted octanol–water partition coefficient (Wildman–Crippen LogP) is 1.55. The maximum Gasteiger partial charge on any atom is 0.243 e. The first-order valence-electron chi connectivity index (χ1n) is 6.52. The third-order valence-corrected chi connectivity index (χ3v) is 4.45. The molecule has 0 unspecified atom stereocenters. The van der Waals surface area contributed by atoms with Crippen LogP contribution in [0, 0.1) is 0 Å². The minimum absolute atomic E-state index is 0.112. The summed E-state index contributed by atoms with van der Waals surface area (Å²) in [5, 5.41) is 3.87. The molecule has 3 heterocycles. The van der Waals surface area contributed by atoms with Crippen molar-refractivity contribution in [1.82, 2.24) is 19.5 Å². The van der Waals surface area contributed by atoms with Crippen molar-refractivity contribution in [3.8, 4) is 11.5 Å². The van der Waals surface area contributed by atoms with Crippen molar-refractivity contribution in [1.29, 1.82) is 0 Å². The van der Waals surface area contributed by atoms with Crippen molar-refractivity contribution < 1.29 is 12.8 Å². The van der Waals surface area contributed by atoms with E-state index in [-0.39, 0.29) is 11.4 Å². The standard InChI is InChI=1S/C14H14N4O3S/c1-18-10-12(9-16-18)22(19,20)17-8-11-4-2-6-15-14(11)13-5-3-7-21-13/h2-7,9-10,17H,8H2,1H3.